The van der Waals surface area contributed by atoms with Crippen LogP contribution in [-0.2, 0) is 11.4 Å². The van der Waals surface area contributed by atoms with E-state index in [1.54, 1.807) is 0 Å². The molecule has 0 saturated carbocycles. The molecule has 0 spiro atoms. The molecule has 1 aliphatic rings. The minimum absolute atomic E-state index is 0.0510. The van der Waals surface area contributed by atoms with E-state index in [2.05, 4.69) is 54.6 Å². The highest BCUT2D eigenvalue weighted by atomic mass is 16.7. The largest absolute Gasteiger partial charge is 0.394 e. The van der Waals surface area contributed by atoms with Gasteiger partial charge in [0.2, 0.25) is 0 Å². The van der Waals surface area contributed by atoms with Gasteiger partial charge in [0.1, 0.15) is 6.10 Å². The topological polar surface area (TPSA) is 32.7 Å². The lowest BCUT2D eigenvalue weighted by Crippen LogP contribution is -2.23. The molecule has 1 aliphatic heterocycles. The third kappa shape index (κ3) is 3.06. The Morgan fingerprint density at radius 3 is 2.46 bits per heavy atom. The number of aliphatic hydroxyl groups is 1. The van der Waals surface area contributed by atoms with E-state index in [1.165, 1.54) is 21.9 Å². The van der Waals surface area contributed by atoms with Crippen LogP contribution in [0.1, 0.15) is 23.6 Å². The van der Waals surface area contributed by atoms with Gasteiger partial charge in [-0.15, -0.1) is 0 Å². The van der Waals surface area contributed by atoms with Crippen LogP contribution >= 0.6 is 0 Å². The van der Waals surface area contributed by atoms with E-state index >= 15 is 0 Å². The van der Waals surface area contributed by atoms with Crippen molar-refractivity contribution in [2.24, 2.45) is 0 Å². The summed E-state index contributed by atoms with van der Waals surface area (Å²) in [6.07, 6.45) is 0.673. The number of benzene rings is 3. The summed E-state index contributed by atoms with van der Waals surface area (Å²) >= 11 is 0. The van der Waals surface area contributed by atoms with E-state index in [9.17, 15) is 5.11 Å². The lowest BCUT2D eigenvalue weighted by molar-refractivity contribution is -0.178. The van der Waals surface area contributed by atoms with Gasteiger partial charge in [0.15, 0.2) is 0 Å². The van der Waals surface area contributed by atoms with E-state index in [0.717, 1.165) is 13.0 Å². The monoisotopic (exact) mass is 319 g/mol. The summed E-state index contributed by atoms with van der Waals surface area (Å²) in [5.74, 6) is 0. The summed E-state index contributed by atoms with van der Waals surface area (Å²) in [5, 5.41) is 14.0. The summed E-state index contributed by atoms with van der Waals surface area (Å²) < 4.78 is 0. The highest BCUT2D eigenvalue weighted by Gasteiger charge is 2.34. The molecule has 0 aliphatic carbocycles. The van der Waals surface area contributed by atoms with Crippen LogP contribution in [0.4, 0.5) is 0 Å². The van der Waals surface area contributed by atoms with Gasteiger partial charge in [0.05, 0.1) is 12.6 Å². The summed E-state index contributed by atoms with van der Waals surface area (Å²) in [7, 11) is 0. The lowest BCUT2D eigenvalue weighted by Gasteiger charge is -2.23. The van der Waals surface area contributed by atoms with Crippen molar-refractivity contribution in [2.75, 3.05) is 6.61 Å². The van der Waals surface area contributed by atoms with E-state index in [4.69, 9.17) is 4.84 Å². The van der Waals surface area contributed by atoms with Gasteiger partial charge in [0, 0.05) is 6.54 Å². The van der Waals surface area contributed by atoms with Gasteiger partial charge in [-0.1, -0.05) is 66.7 Å². The van der Waals surface area contributed by atoms with Crippen LogP contribution in [0.2, 0.25) is 0 Å². The molecule has 2 atom stereocenters. The van der Waals surface area contributed by atoms with Crippen molar-refractivity contribution in [1.82, 2.24) is 5.06 Å². The van der Waals surface area contributed by atoms with Crippen LogP contribution < -0.4 is 0 Å². The lowest BCUT2D eigenvalue weighted by atomic mass is 9.98. The van der Waals surface area contributed by atoms with Gasteiger partial charge in [-0.3, -0.25) is 4.84 Å². The maximum absolute atomic E-state index is 9.53. The first kappa shape index (κ1) is 15.3. The first-order chi connectivity index (χ1) is 11.8. The number of rotatable bonds is 4. The van der Waals surface area contributed by atoms with Gasteiger partial charge < -0.3 is 5.11 Å². The molecular weight excluding hydrogens is 298 g/mol. The van der Waals surface area contributed by atoms with Gasteiger partial charge in [-0.25, -0.2) is 0 Å². The number of hydroxylamine groups is 2. The van der Waals surface area contributed by atoms with Crippen molar-refractivity contribution < 1.29 is 9.94 Å². The molecule has 1 heterocycles. The van der Waals surface area contributed by atoms with Crippen molar-refractivity contribution >= 4 is 10.8 Å². The Morgan fingerprint density at radius 2 is 1.67 bits per heavy atom. The summed E-state index contributed by atoms with van der Waals surface area (Å²) in [4.78, 5) is 5.98. The second-order valence-corrected chi connectivity index (χ2v) is 6.33. The second kappa shape index (κ2) is 6.73. The Kier molecular flexibility index (Phi) is 4.30. The first-order valence-electron chi connectivity index (χ1n) is 8.40. The SMILES string of the molecule is OC[C@H]1C[C@H](c2ccc3ccccc3c2)N(Cc2ccccc2)O1. The minimum Gasteiger partial charge on any atom is -0.394 e. The van der Waals surface area contributed by atoms with Crippen LogP contribution in [0, 0.1) is 0 Å². The fraction of sp³-hybridized carbons (Fsp3) is 0.238. The van der Waals surface area contributed by atoms with Gasteiger partial charge >= 0.3 is 0 Å². The number of hydrogen-bond acceptors (Lipinski definition) is 3. The number of fused-ring (bicyclic) bond motifs is 1. The van der Waals surface area contributed by atoms with Crippen molar-refractivity contribution in [3.8, 4) is 0 Å². The third-order valence-electron chi connectivity index (χ3n) is 4.66. The molecule has 3 nitrogen and oxygen atoms in total. The molecule has 0 aromatic heterocycles. The second-order valence-electron chi connectivity index (χ2n) is 6.33. The quantitative estimate of drug-likeness (QED) is 0.786. The van der Waals surface area contributed by atoms with Crippen molar-refractivity contribution in [3.05, 3.63) is 83.9 Å². The zero-order valence-corrected chi connectivity index (χ0v) is 13.5. The molecule has 4 rings (SSSR count). The molecular formula is C21H21NO2. The van der Waals surface area contributed by atoms with E-state index < -0.39 is 0 Å². The number of nitrogens with zero attached hydrogens (tertiary/aromatic N) is 1. The molecule has 0 radical (unpaired) electrons. The van der Waals surface area contributed by atoms with Gasteiger partial charge in [0.25, 0.3) is 0 Å². The van der Waals surface area contributed by atoms with E-state index in [-0.39, 0.29) is 18.8 Å². The maximum Gasteiger partial charge on any atom is 0.104 e. The summed E-state index contributed by atoms with van der Waals surface area (Å²) in [6, 6.07) is 25.4. The molecule has 0 amide bonds. The highest BCUT2D eigenvalue weighted by molar-refractivity contribution is 5.83. The molecule has 3 aromatic carbocycles. The van der Waals surface area contributed by atoms with Crippen LogP contribution in [0.3, 0.4) is 0 Å². The van der Waals surface area contributed by atoms with Crippen LogP contribution in [0.25, 0.3) is 10.8 Å². The van der Waals surface area contributed by atoms with Gasteiger partial charge in [-0.05, 0) is 34.4 Å². The Balaban J connectivity index is 1.64. The fourth-order valence-corrected chi connectivity index (χ4v) is 3.41. The van der Waals surface area contributed by atoms with E-state index in [0.29, 0.717) is 0 Å². The molecule has 1 N–H and O–H groups in total. The Morgan fingerprint density at radius 1 is 0.917 bits per heavy atom. The van der Waals surface area contributed by atoms with Crippen LogP contribution in [0.5, 0.6) is 0 Å². The Bertz CT molecular complexity index is 818. The molecule has 0 unspecified atom stereocenters. The standard InChI is InChI=1S/C21H21NO2/c23-15-20-13-21(22(24-20)14-16-6-2-1-3-7-16)19-11-10-17-8-4-5-9-18(17)12-19/h1-12,20-21,23H,13-15H2/t20-,21-/m1/s1. The average Bonchev–Trinajstić information content (AvgIpc) is 3.05. The van der Waals surface area contributed by atoms with E-state index in [1.807, 2.05) is 23.3 Å². The molecule has 3 aromatic rings. The third-order valence-corrected chi connectivity index (χ3v) is 4.66. The van der Waals surface area contributed by atoms with Crippen molar-refractivity contribution in [2.45, 2.75) is 25.1 Å². The predicted molar refractivity (Wildman–Crippen MR) is 95.2 cm³/mol. The average molecular weight is 319 g/mol. The molecule has 1 saturated heterocycles. The van der Waals surface area contributed by atoms with Crippen molar-refractivity contribution in [3.63, 3.8) is 0 Å². The molecule has 24 heavy (non-hydrogen) atoms. The number of hydrogen-bond donors (Lipinski definition) is 1. The van der Waals surface area contributed by atoms with Crippen LogP contribution in [0.15, 0.2) is 72.8 Å². The molecule has 0 bridgehead atoms. The Hall–Kier alpha value is -2.20. The Labute approximate surface area is 142 Å². The minimum atomic E-state index is -0.134. The van der Waals surface area contributed by atoms with Crippen molar-refractivity contribution in [1.29, 1.82) is 0 Å². The summed E-state index contributed by atoms with van der Waals surface area (Å²) in [5.41, 5.74) is 2.45. The zero-order valence-electron chi connectivity index (χ0n) is 13.5. The predicted octanol–water partition coefficient (Wildman–Crippen LogP) is 4.08. The summed E-state index contributed by atoms with van der Waals surface area (Å²) in [6.45, 7) is 0.768. The van der Waals surface area contributed by atoms with Crippen LogP contribution in [-0.4, -0.2) is 22.9 Å². The molecule has 122 valence electrons. The smallest absolute Gasteiger partial charge is 0.104 e. The number of aliphatic hydroxyl groups excluding tert-OH is 1. The normalized spacial score (nSPS) is 21.4. The highest BCUT2D eigenvalue weighted by Crippen LogP contribution is 2.36. The fourth-order valence-electron chi connectivity index (χ4n) is 3.41. The first-order valence-corrected chi connectivity index (χ1v) is 8.40. The van der Waals surface area contributed by atoms with Gasteiger partial charge in [-0.2, -0.15) is 5.06 Å². The zero-order chi connectivity index (χ0) is 16.4. The molecule has 3 heteroatoms. The molecule has 1 fully saturated rings. The maximum atomic E-state index is 9.53.